The molecule has 0 fully saturated rings. The normalized spacial score (nSPS) is 25.3. The van der Waals surface area contributed by atoms with Crippen molar-refractivity contribution in [2.75, 3.05) is 33.0 Å². The van der Waals surface area contributed by atoms with Crippen molar-refractivity contribution in [2.24, 2.45) is 5.92 Å². The number of rotatable bonds is 6. The van der Waals surface area contributed by atoms with Crippen molar-refractivity contribution in [1.82, 2.24) is 8.61 Å². The van der Waals surface area contributed by atoms with Crippen molar-refractivity contribution in [2.45, 2.75) is 50.2 Å². The number of likely N-dealkylation sites (N-methyl/N-ethyl adjacent to an activating group) is 1. The largest absolute Gasteiger partial charge is 0.487 e. The Morgan fingerprint density at radius 2 is 2.06 bits per heavy atom. The molecule has 0 radical (unpaired) electrons. The molecule has 3 atom stereocenters. The van der Waals surface area contributed by atoms with Gasteiger partial charge in [-0.25, -0.2) is 21.1 Å². The summed E-state index contributed by atoms with van der Waals surface area (Å²) in [6.45, 7) is 3.37. The summed E-state index contributed by atoms with van der Waals surface area (Å²) in [7, 11) is -5.86. The van der Waals surface area contributed by atoms with Crippen molar-refractivity contribution < 1.29 is 26.7 Å². The van der Waals surface area contributed by atoms with Gasteiger partial charge in [-0.05, 0) is 49.5 Å². The van der Waals surface area contributed by atoms with Crippen LogP contribution >= 0.6 is 0 Å². The fourth-order valence-corrected chi connectivity index (χ4v) is 6.21. The lowest BCUT2D eigenvalue weighted by Gasteiger charge is -2.37. The molecule has 0 saturated heterocycles. The monoisotopic (exact) mass is 472 g/mol. The molecule has 8 nitrogen and oxygen atoms in total. The van der Waals surface area contributed by atoms with Gasteiger partial charge in [-0.2, -0.15) is 4.31 Å². The van der Waals surface area contributed by atoms with E-state index < -0.39 is 32.2 Å². The van der Waals surface area contributed by atoms with E-state index in [1.54, 1.807) is 25.1 Å². The van der Waals surface area contributed by atoms with E-state index in [0.29, 0.717) is 0 Å². The Morgan fingerprint density at radius 1 is 1.35 bits per heavy atom. The summed E-state index contributed by atoms with van der Waals surface area (Å²) in [4.78, 5) is 0.0362. The van der Waals surface area contributed by atoms with E-state index in [-0.39, 0.29) is 36.3 Å². The van der Waals surface area contributed by atoms with E-state index in [1.165, 1.54) is 15.7 Å². The lowest BCUT2D eigenvalue weighted by Crippen LogP contribution is -2.50. The van der Waals surface area contributed by atoms with Gasteiger partial charge in [0.25, 0.3) is 0 Å². The zero-order valence-electron chi connectivity index (χ0n) is 18.5. The highest BCUT2D eigenvalue weighted by molar-refractivity contribution is 7.89. The van der Waals surface area contributed by atoms with Crippen LogP contribution in [0.5, 0.6) is 5.75 Å². The first kappa shape index (κ1) is 24.2. The summed E-state index contributed by atoms with van der Waals surface area (Å²) in [6.07, 6.45) is 5.70. The number of aliphatic hydroxyl groups is 1. The van der Waals surface area contributed by atoms with Gasteiger partial charge >= 0.3 is 0 Å². The van der Waals surface area contributed by atoms with Crippen LogP contribution in [0.15, 0.2) is 29.2 Å². The molecule has 0 aromatic heterocycles. The Hall–Kier alpha value is -1.46. The van der Waals surface area contributed by atoms with Crippen molar-refractivity contribution in [3.8, 4) is 5.75 Å². The predicted molar refractivity (Wildman–Crippen MR) is 120 cm³/mol. The number of benzene rings is 1. The van der Waals surface area contributed by atoms with Crippen LogP contribution in [0, 0.1) is 5.92 Å². The molecule has 1 N–H and O–H groups in total. The molecule has 10 heteroatoms. The molecule has 0 amide bonds. The van der Waals surface area contributed by atoms with Crippen LogP contribution in [-0.2, 0) is 20.0 Å². The number of hydrogen-bond acceptors (Lipinski definition) is 6. The summed E-state index contributed by atoms with van der Waals surface area (Å²) in [6, 6.07) is 4.48. The maximum absolute atomic E-state index is 13.5. The SMILES string of the molecule is C[C@@H]1CN([C@H](C)CO)S(=O)(=O)c2ccc(C3=CCCC3)cc2O[C@H]1CN(C)S(C)(=O)=O. The molecule has 174 valence electrons. The zero-order valence-corrected chi connectivity index (χ0v) is 20.1. The summed E-state index contributed by atoms with van der Waals surface area (Å²) >= 11 is 0. The summed E-state index contributed by atoms with van der Waals surface area (Å²) in [5.74, 6) is -0.0885. The average Bonchev–Trinajstić information content (AvgIpc) is 3.23. The van der Waals surface area contributed by atoms with Gasteiger partial charge in [0.15, 0.2) is 0 Å². The Labute approximate surface area is 185 Å². The standard InChI is InChI=1S/C21H32N2O6S2/c1-15-12-23(16(2)14-24)31(27,28)21-10-9-18(17-7-5-6-8-17)11-19(21)29-20(15)13-22(3)30(4,25)26/h7,9-11,15-16,20,24H,5-6,8,12-14H2,1-4H3/t15-,16-,20+/m1/s1. The van der Waals surface area contributed by atoms with Gasteiger partial charge in [-0.1, -0.05) is 19.1 Å². The minimum atomic E-state index is -3.91. The number of fused-ring (bicyclic) bond motifs is 1. The fraction of sp³-hybridized carbons (Fsp3) is 0.619. The van der Waals surface area contributed by atoms with Gasteiger partial charge in [0.2, 0.25) is 20.0 Å². The molecular weight excluding hydrogens is 440 g/mol. The third kappa shape index (κ3) is 5.14. The van der Waals surface area contributed by atoms with Gasteiger partial charge in [0.1, 0.15) is 16.7 Å². The molecule has 1 aromatic carbocycles. The molecule has 0 saturated carbocycles. The van der Waals surface area contributed by atoms with Gasteiger partial charge in [-0.15, -0.1) is 0 Å². The minimum absolute atomic E-state index is 0.0362. The maximum Gasteiger partial charge on any atom is 0.247 e. The van der Waals surface area contributed by atoms with Crippen molar-refractivity contribution >= 4 is 25.6 Å². The topological polar surface area (TPSA) is 104 Å². The van der Waals surface area contributed by atoms with Crippen LogP contribution in [0.4, 0.5) is 0 Å². The maximum atomic E-state index is 13.5. The Morgan fingerprint density at radius 3 is 2.65 bits per heavy atom. The van der Waals surface area contributed by atoms with Gasteiger partial charge < -0.3 is 9.84 Å². The lowest BCUT2D eigenvalue weighted by molar-refractivity contribution is 0.0905. The second kappa shape index (κ2) is 9.19. The number of ether oxygens (including phenoxy) is 1. The molecule has 31 heavy (non-hydrogen) atoms. The summed E-state index contributed by atoms with van der Waals surface area (Å²) in [5.41, 5.74) is 2.07. The molecular formula is C21H32N2O6S2. The third-order valence-corrected chi connectivity index (χ3v) is 9.38. The number of sulfonamides is 2. The molecule has 1 heterocycles. The quantitative estimate of drug-likeness (QED) is 0.678. The fourth-order valence-electron chi connectivity index (χ4n) is 3.97. The van der Waals surface area contributed by atoms with Crippen molar-refractivity contribution in [1.29, 1.82) is 0 Å². The Bertz CT molecular complexity index is 1050. The number of nitrogens with zero attached hydrogens (tertiary/aromatic N) is 2. The Kier molecular flexibility index (Phi) is 7.17. The van der Waals surface area contributed by atoms with E-state index in [4.69, 9.17) is 4.74 Å². The van der Waals surface area contributed by atoms with E-state index in [2.05, 4.69) is 6.08 Å². The van der Waals surface area contributed by atoms with Crippen molar-refractivity contribution in [3.05, 3.63) is 29.8 Å². The molecule has 0 spiro atoms. The molecule has 1 aliphatic heterocycles. The van der Waals surface area contributed by atoms with Gasteiger partial charge in [0.05, 0.1) is 19.4 Å². The number of aliphatic hydroxyl groups excluding tert-OH is 1. The first-order valence-corrected chi connectivity index (χ1v) is 13.8. The average molecular weight is 473 g/mol. The van der Waals surface area contributed by atoms with Crippen LogP contribution in [-0.4, -0.2) is 75.7 Å². The van der Waals surface area contributed by atoms with Crippen LogP contribution < -0.4 is 4.74 Å². The zero-order chi connectivity index (χ0) is 23.0. The number of hydrogen-bond donors (Lipinski definition) is 1. The van der Waals surface area contributed by atoms with Crippen LogP contribution in [0.1, 0.15) is 38.7 Å². The van der Waals surface area contributed by atoms with Gasteiger partial charge in [0, 0.05) is 25.6 Å². The molecule has 1 aromatic rings. The smallest absolute Gasteiger partial charge is 0.247 e. The molecule has 0 unspecified atom stereocenters. The first-order chi connectivity index (χ1) is 14.4. The minimum Gasteiger partial charge on any atom is -0.487 e. The van der Waals surface area contributed by atoms with Crippen LogP contribution in [0.3, 0.4) is 0 Å². The molecule has 3 rings (SSSR count). The van der Waals surface area contributed by atoms with Crippen LogP contribution in [0.25, 0.3) is 5.57 Å². The molecule has 2 aliphatic rings. The Balaban J connectivity index is 2.10. The van der Waals surface area contributed by atoms with E-state index in [0.717, 1.165) is 36.7 Å². The second-order valence-electron chi connectivity index (χ2n) is 8.57. The highest BCUT2D eigenvalue weighted by Gasteiger charge is 2.38. The number of allylic oxidation sites excluding steroid dienone is 2. The van der Waals surface area contributed by atoms with E-state index in [1.807, 2.05) is 6.92 Å². The highest BCUT2D eigenvalue weighted by Crippen LogP contribution is 2.37. The van der Waals surface area contributed by atoms with Crippen molar-refractivity contribution in [3.63, 3.8) is 0 Å². The summed E-state index contributed by atoms with van der Waals surface area (Å²) in [5, 5.41) is 9.69. The van der Waals surface area contributed by atoms with Crippen LogP contribution in [0.2, 0.25) is 0 Å². The molecule has 0 bridgehead atoms. The van der Waals surface area contributed by atoms with Gasteiger partial charge in [-0.3, -0.25) is 0 Å². The highest BCUT2D eigenvalue weighted by atomic mass is 32.2. The second-order valence-corrected chi connectivity index (χ2v) is 12.5. The predicted octanol–water partition coefficient (Wildman–Crippen LogP) is 1.91. The first-order valence-electron chi connectivity index (χ1n) is 10.5. The third-order valence-electron chi connectivity index (χ3n) is 6.08. The molecule has 1 aliphatic carbocycles. The summed E-state index contributed by atoms with van der Waals surface area (Å²) < 4.78 is 59.6. The van der Waals surface area contributed by atoms with E-state index in [9.17, 15) is 21.9 Å². The lowest BCUT2D eigenvalue weighted by atomic mass is 10.0. The van der Waals surface area contributed by atoms with E-state index >= 15 is 0 Å².